The normalized spacial score (nSPS) is 13.5. The van der Waals surface area contributed by atoms with E-state index < -0.39 is 15.8 Å². The zero-order valence-electron chi connectivity index (χ0n) is 14.0. The SMILES string of the molecule is CCC(C)NC(=NC)NCCS(=O)(=O)Nc1ccc(C)c(F)c1. The average Bonchev–Trinajstić information content (AvgIpc) is 2.49. The molecule has 0 saturated carbocycles. The van der Waals surface area contributed by atoms with Gasteiger partial charge in [-0.2, -0.15) is 0 Å². The van der Waals surface area contributed by atoms with Gasteiger partial charge in [-0.1, -0.05) is 13.0 Å². The van der Waals surface area contributed by atoms with Gasteiger partial charge in [0.2, 0.25) is 10.0 Å². The smallest absolute Gasteiger partial charge is 0.234 e. The Kier molecular flexibility index (Phi) is 7.28. The summed E-state index contributed by atoms with van der Waals surface area (Å²) in [6.45, 7) is 5.87. The summed E-state index contributed by atoms with van der Waals surface area (Å²) in [7, 11) is -1.94. The van der Waals surface area contributed by atoms with Gasteiger partial charge < -0.3 is 10.6 Å². The lowest BCUT2D eigenvalue weighted by Crippen LogP contribution is -2.43. The molecule has 23 heavy (non-hydrogen) atoms. The molecule has 1 unspecified atom stereocenters. The van der Waals surface area contributed by atoms with Crippen LogP contribution in [-0.2, 0) is 10.0 Å². The zero-order chi connectivity index (χ0) is 17.5. The number of aliphatic imine (C=N–C) groups is 1. The van der Waals surface area contributed by atoms with E-state index in [2.05, 4.69) is 20.3 Å². The number of hydrogen-bond acceptors (Lipinski definition) is 3. The van der Waals surface area contributed by atoms with Crippen molar-refractivity contribution in [2.45, 2.75) is 33.2 Å². The number of rotatable bonds is 7. The molecule has 0 aliphatic heterocycles. The van der Waals surface area contributed by atoms with Crippen molar-refractivity contribution in [1.29, 1.82) is 0 Å². The maximum Gasteiger partial charge on any atom is 0.234 e. The lowest BCUT2D eigenvalue weighted by Gasteiger charge is -2.16. The molecule has 0 aromatic heterocycles. The molecular formula is C15H25FN4O2S. The largest absolute Gasteiger partial charge is 0.355 e. The van der Waals surface area contributed by atoms with Crippen LogP contribution in [0.3, 0.4) is 0 Å². The van der Waals surface area contributed by atoms with Gasteiger partial charge in [0.25, 0.3) is 0 Å². The fourth-order valence-corrected chi connectivity index (χ4v) is 2.68. The molecular weight excluding hydrogens is 319 g/mol. The second-order valence-corrected chi connectivity index (χ2v) is 7.18. The molecule has 0 amide bonds. The molecule has 1 aromatic carbocycles. The first-order valence-electron chi connectivity index (χ1n) is 7.51. The zero-order valence-corrected chi connectivity index (χ0v) is 14.8. The van der Waals surface area contributed by atoms with E-state index in [1.165, 1.54) is 18.2 Å². The van der Waals surface area contributed by atoms with Gasteiger partial charge in [0.15, 0.2) is 5.96 Å². The first-order chi connectivity index (χ1) is 10.8. The van der Waals surface area contributed by atoms with E-state index in [9.17, 15) is 12.8 Å². The highest BCUT2D eigenvalue weighted by molar-refractivity contribution is 7.92. The summed E-state index contributed by atoms with van der Waals surface area (Å²) in [6, 6.07) is 4.48. The molecule has 0 saturated heterocycles. The maximum absolute atomic E-state index is 13.4. The van der Waals surface area contributed by atoms with Crippen LogP contribution in [0, 0.1) is 12.7 Å². The fraction of sp³-hybridized carbons (Fsp3) is 0.533. The number of guanidine groups is 1. The van der Waals surface area contributed by atoms with Crippen molar-refractivity contribution in [3.8, 4) is 0 Å². The van der Waals surface area contributed by atoms with E-state index in [-0.39, 0.29) is 24.0 Å². The third kappa shape index (κ3) is 6.85. The summed E-state index contributed by atoms with van der Waals surface area (Å²) in [6.07, 6.45) is 0.930. The van der Waals surface area contributed by atoms with Gasteiger partial charge in [0, 0.05) is 19.6 Å². The molecule has 130 valence electrons. The van der Waals surface area contributed by atoms with E-state index in [4.69, 9.17) is 0 Å². The van der Waals surface area contributed by atoms with Crippen LogP contribution < -0.4 is 15.4 Å². The Bertz CT molecular complexity index is 647. The molecule has 0 aliphatic carbocycles. The highest BCUT2D eigenvalue weighted by atomic mass is 32.2. The van der Waals surface area contributed by atoms with E-state index in [0.29, 0.717) is 11.5 Å². The van der Waals surface area contributed by atoms with E-state index in [1.807, 2.05) is 13.8 Å². The fourth-order valence-electron chi connectivity index (χ4n) is 1.72. The second kappa shape index (κ2) is 8.71. The number of anilines is 1. The lowest BCUT2D eigenvalue weighted by atomic mass is 10.2. The number of hydrogen-bond donors (Lipinski definition) is 3. The Morgan fingerprint density at radius 3 is 2.65 bits per heavy atom. The van der Waals surface area contributed by atoms with E-state index >= 15 is 0 Å². The van der Waals surface area contributed by atoms with Crippen LogP contribution in [0.15, 0.2) is 23.2 Å². The van der Waals surface area contributed by atoms with Crippen molar-refractivity contribution < 1.29 is 12.8 Å². The van der Waals surface area contributed by atoms with Crippen LogP contribution >= 0.6 is 0 Å². The van der Waals surface area contributed by atoms with E-state index in [0.717, 1.165) is 6.42 Å². The van der Waals surface area contributed by atoms with Crippen LogP contribution in [0.5, 0.6) is 0 Å². The minimum atomic E-state index is -3.56. The molecule has 1 rings (SSSR count). The third-order valence-electron chi connectivity index (χ3n) is 3.33. The highest BCUT2D eigenvalue weighted by Crippen LogP contribution is 2.14. The summed E-state index contributed by atoms with van der Waals surface area (Å²) in [5, 5.41) is 6.08. The molecule has 0 aliphatic rings. The number of benzene rings is 1. The average molecular weight is 344 g/mol. The molecule has 3 N–H and O–H groups in total. The number of sulfonamides is 1. The number of nitrogens with zero attached hydrogens (tertiary/aromatic N) is 1. The van der Waals surface area contributed by atoms with Crippen LogP contribution in [0.1, 0.15) is 25.8 Å². The summed E-state index contributed by atoms with van der Waals surface area (Å²) >= 11 is 0. The molecule has 0 bridgehead atoms. The van der Waals surface area contributed by atoms with Gasteiger partial charge in [-0.05, 0) is 38.0 Å². The Morgan fingerprint density at radius 1 is 1.39 bits per heavy atom. The molecule has 0 radical (unpaired) electrons. The lowest BCUT2D eigenvalue weighted by molar-refractivity contribution is 0.598. The first-order valence-corrected chi connectivity index (χ1v) is 9.16. The second-order valence-electron chi connectivity index (χ2n) is 5.34. The van der Waals surface area contributed by atoms with Crippen molar-refractivity contribution in [3.05, 3.63) is 29.6 Å². The standard InChI is InChI=1S/C15H25FN4O2S/c1-5-12(3)19-15(17-4)18-8-9-23(21,22)20-13-7-6-11(2)14(16)10-13/h6-7,10,12,20H,5,8-9H2,1-4H3,(H2,17,18,19). The van der Waals surface area contributed by atoms with Gasteiger partial charge in [-0.25, -0.2) is 12.8 Å². The highest BCUT2D eigenvalue weighted by Gasteiger charge is 2.12. The topological polar surface area (TPSA) is 82.6 Å². The third-order valence-corrected chi connectivity index (χ3v) is 4.62. The van der Waals surface area contributed by atoms with Gasteiger partial charge in [-0.15, -0.1) is 0 Å². The van der Waals surface area contributed by atoms with Crippen molar-refractivity contribution in [3.63, 3.8) is 0 Å². The Labute approximate surface area is 137 Å². The summed E-state index contributed by atoms with van der Waals surface area (Å²) < 4.78 is 39.8. The monoisotopic (exact) mass is 344 g/mol. The number of halogens is 1. The van der Waals surface area contributed by atoms with Gasteiger partial charge in [-0.3, -0.25) is 9.71 Å². The van der Waals surface area contributed by atoms with Crippen molar-refractivity contribution >= 4 is 21.7 Å². The molecule has 1 aromatic rings. The van der Waals surface area contributed by atoms with Gasteiger partial charge in [0.05, 0.1) is 11.4 Å². The molecule has 6 nitrogen and oxygen atoms in total. The maximum atomic E-state index is 13.4. The first kappa shape index (κ1) is 19.2. The van der Waals surface area contributed by atoms with E-state index in [1.54, 1.807) is 14.0 Å². The molecule has 8 heteroatoms. The van der Waals surface area contributed by atoms with Gasteiger partial charge in [0.1, 0.15) is 5.82 Å². The summed E-state index contributed by atoms with van der Waals surface area (Å²) in [4.78, 5) is 4.03. The van der Waals surface area contributed by atoms with Crippen LogP contribution in [-0.4, -0.2) is 39.8 Å². The van der Waals surface area contributed by atoms with Crippen molar-refractivity contribution in [2.75, 3.05) is 24.1 Å². The summed E-state index contributed by atoms with van der Waals surface area (Å²) in [5.41, 5.74) is 0.685. The Balaban J connectivity index is 2.53. The minimum absolute atomic E-state index is 0.149. The van der Waals surface area contributed by atoms with Crippen molar-refractivity contribution in [2.24, 2.45) is 4.99 Å². The quantitative estimate of drug-likeness (QED) is 0.521. The Hall–Kier alpha value is -1.83. The molecule has 1 atom stereocenters. The van der Waals surface area contributed by atoms with Gasteiger partial charge >= 0.3 is 0 Å². The van der Waals surface area contributed by atoms with Crippen molar-refractivity contribution in [1.82, 2.24) is 10.6 Å². The van der Waals surface area contributed by atoms with Crippen LogP contribution in [0.2, 0.25) is 0 Å². The Morgan fingerprint density at radius 2 is 2.09 bits per heavy atom. The van der Waals surface area contributed by atoms with Crippen LogP contribution in [0.4, 0.5) is 10.1 Å². The minimum Gasteiger partial charge on any atom is -0.355 e. The molecule has 0 heterocycles. The summed E-state index contributed by atoms with van der Waals surface area (Å²) in [5.74, 6) is -0.0404. The van der Waals surface area contributed by atoms with Crippen LogP contribution in [0.25, 0.3) is 0 Å². The predicted octanol–water partition coefficient (Wildman–Crippen LogP) is 1.84. The molecule has 0 spiro atoms. The molecule has 0 fully saturated rings. The number of aryl methyl sites for hydroxylation is 1. The predicted molar refractivity (Wildman–Crippen MR) is 92.8 cm³/mol. The number of nitrogens with one attached hydrogen (secondary N) is 3.